The maximum atomic E-state index is 10.9. The minimum atomic E-state index is -0.286. The highest BCUT2D eigenvalue weighted by atomic mass is 16.3. The molecule has 0 heterocycles. The van der Waals surface area contributed by atoms with Gasteiger partial charge in [0.2, 0.25) is 0 Å². The van der Waals surface area contributed by atoms with E-state index in [0.717, 1.165) is 6.08 Å². The van der Waals surface area contributed by atoms with Crippen molar-refractivity contribution >= 4 is 5.78 Å². The molecule has 0 atom stereocenters. The average Bonchev–Trinajstić information content (AvgIpc) is 2.11. The van der Waals surface area contributed by atoms with E-state index < -0.39 is 0 Å². The van der Waals surface area contributed by atoms with Gasteiger partial charge in [-0.05, 0) is 12.2 Å². The Labute approximate surface area is 77.9 Å². The van der Waals surface area contributed by atoms with E-state index in [1.807, 2.05) is 0 Å². The monoisotopic (exact) mass is 176 g/mol. The van der Waals surface area contributed by atoms with Crippen molar-refractivity contribution in [2.75, 3.05) is 0 Å². The van der Waals surface area contributed by atoms with Gasteiger partial charge >= 0.3 is 0 Å². The third-order valence-corrected chi connectivity index (χ3v) is 1.09. The second-order valence-corrected chi connectivity index (χ2v) is 2.16. The summed E-state index contributed by atoms with van der Waals surface area (Å²) in [6.07, 6.45) is 9.84. The van der Waals surface area contributed by atoms with Crippen LogP contribution in [0.5, 0.6) is 0 Å². The summed E-state index contributed by atoms with van der Waals surface area (Å²) in [5.41, 5.74) is 0. The summed E-state index contributed by atoms with van der Waals surface area (Å²) in [5.74, 6) is -0.385. The van der Waals surface area contributed by atoms with Crippen LogP contribution in [-0.4, -0.2) is 10.9 Å². The molecule has 13 heavy (non-hydrogen) atoms. The molecule has 0 radical (unpaired) electrons. The van der Waals surface area contributed by atoms with Crippen LogP contribution >= 0.6 is 0 Å². The molecule has 0 aliphatic carbocycles. The Morgan fingerprint density at radius 1 is 1.08 bits per heavy atom. The number of ketones is 1. The van der Waals surface area contributed by atoms with Crippen LogP contribution in [0, 0.1) is 0 Å². The van der Waals surface area contributed by atoms with E-state index in [1.54, 1.807) is 0 Å². The Morgan fingerprint density at radius 2 is 1.62 bits per heavy atom. The summed E-state index contributed by atoms with van der Waals surface area (Å²) in [7, 11) is 0. The third kappa shape index (κ3) is 6.56. The van der Waals surface area contributed by atoms with Crippen LogP contribution in [0.2, 0.25) is 0 Å². The SMILES string of the molecule is C=C/C=C/C(=O)/C=C(O)/C=C/C=C. The molecule has 2 nitrogen and oxygen atoms in total. The van der Waals surface area contributed by atoms with Crippen molar-refractivity contribution in [2.24, 2.45) is 0 Å². The number of aliphatic hydroxyl groups excluding tert-OH is 1. The molecule has 0 aromatic carbocycles. The smallest absolute Gasteiger partial charge is 0.182 e. The molecule has 68 valence electrons. The van der Waals surface area contributed by atoms with Crippen molar-refractivity contribution in [2.45, 2.75) is 0 Å². The van der Waals surface area contributed by atoms with Gasteiger partial charge in [-0.2, -0.15) is 0 Å². The van der Waals surface area contributed by atoms with Gasteiger partial charge in [0.15, 0.2) is 5.78 Å². The predicted octanol–water partition coefficient (Wildman–Crippen LogP) is 2.48. The first-order valence-corrected chi connectivity index (χ1v) is 3.73. The maximum Gasteiger partial charge on any atom is 0.182 e. The summed E-state index contributed by atoms with van der Waals surface area (Å²) < 4.78 is 0. The standard InChI is InChI=1S/C11H12O2/c1-3-5-7-10(12)9-11(13)8-6-4-2/h3-9,12H,1-2H2/b7-5+,8-6+,10-9-. The Morgan fingerprint density at radius 3 is 2.15 bits per heavy atom. The van der Waals surface area contributed by atoms with Gasteiger partial charge in [0.1, 0.15) is 5.76 Å². The lowest BCUT2D eigenvalue weighted by Gasteiger charge is -1.87. The van der Waals surface area contributed by atoms with E-state index in [1.165, 1.54) is 36.5 Å². The summed E-state index contributed by atoms with van der Waals surface area (Å²) in [6.45, 7) is 6.84. The molecule has 0 amide bonds. The van der Waals surface area contributed by atoms with E-state index in [9.17, 15) is 4.79 Å². The fourth-order valence-corrected chi connectivity index (χ4v) is 0.571. The Kier molecular flexibility index (Phi) is 5.89. The van der Waals surface area contributed by atoms with Crippen molar-refractivity contribution in [1.29, 1.82) is 0 Å². The topological polar surface area (TPSA) is 37.3 Å². The molecule has 0 saturated carbocycles. The van der Waals surface area contributed by atoms with Crippen LogP contribution in [0.3, 0.4) is 0 Å². The quantitative estimate of drug-likeness (QED) is 0.397. The number of carbonyl (C=O) groups is 1. The second-order valence-electron chi connectivity index (χ2n) is 2.16. The first-order valence-electron chi connectivity index (χ1n) is 3.73. The highest BCUT2D eigenvalue weighted by Gasteiger charge is 1.91. The lowest BCUT2D eigenvalue weighted by Crippen LogP contribution is -1.87. The van der Waals surface area contributed by atoms with Gasteiger partial charge in [0.05, 0.1) is 0 Å². The van der Waals surface area contributed by atoms with Crippen molar-refractivity contribution in [1.82, 2.24) is 0 Å². The van der Waals surface area contributed by atoms with Crippen molar-refractivity contribution < 1.29 is 9.90 Å². The Balaban J connectivity index is 4.29. The summed E-state index contributed by atoms with van der Waals surface area (Å²) in [5, 5.41) is 9.10. The normalized spacial score (nSPS) is 12.2. The van der Waals surface area contributed by atoms with E-state index in [4.69, 9.17) is 5.11 Å². The molecule has 0 rings (SSSR count). The molecular weight excluding hydrogens is 164 g/mol. The zero-order chi connectivity index (χ0) is 10.1. The highest BCUT2D eigenvalue weighted by Crippen LogP contribution is 1.92. The molecular formula is C11H12O2. The zero-order valence-corrected chi connectivity index (χ0v) is 7.31. The first kappa shape index (κ1) is 11.2. The first-order chi connectivity index (χ1) is 6.20. The molecule has 0 saturated heterocycles. The number of carbonyl (C=O) groups excluding carboxylic acids is 1. The molecule has 2 heteroatoms. The van der Waals surface area contributed by atoms with Crippen LogP contribution in [0.25, 0.3) is 0 Å². The largest absolute Gasteiger partial charge is 0.508 e. The number of aliphatic hydroxyl groups is 1. The van der Waals surface area contributed by atoms with Gasteiger partial charge < -0.3 is 5.11 Å². The Hall–Kier alpha value is -1.83. The number of rotatable bonds is 5. The molecule has 0 unspecified atom stereocenters. The number of hydrogen-bond acceptors (Lipinski definition) is 2. The van der Waals surface area contributed by atoms with E-state index >= 15 is 0 Å². The molecule has 0 aliphatic rings. The molecule has 0 aromatic heterocycles. The van der Waals surface area contributed by atoms with Gasteiger partial charge in [-0.25, -0.2) is 0 Å². The second kappa shape index (κ2) is 6.85. The van der Waals surface area contributed by atoms with Crippen molar-refractivity contribution in [3.05, 3.63) is 61.4 Å². The Bertz CT molecular complexity index is 280. The van der Waals surface area contributed by atoms with Crippen molar-refractivity contribution in [3.63, 3.8) is 0 Å². The van der Waals surface area contributed by atoms with Crippen LogP contribution in [0.4, 0.5) is 0 Å². The minimum Gasteiger partial charge on any atom is -0.508 e. The number of allylic oxidation sites excluding steroid dienone is 7. The number of hydrogen-bond donors (Lipinski definition) is 1. The summed E-state index contributed by atoms with van der Waals surface area (Å²) in [6, 6.07) is 0. The van der Waals surface area contributed by atoms with Gasteiger partial charge in [0.25, 0.3) is 0 Å². The fourth-order valence-electron chi connectivity index (χ4n) is 0.571. The van der Waals surface area contributed by atoms with Crippen LogP contribution < -0.4 is 0 Å². The predicted molar refractivity (Wildman–Crippen MR) is 54.4 cm³/mol. The molecule has 0 spiro atoms. The van der Waals surface area contributed by atoms with Crippen LogP contribution in [0.1, 0.15) is 0 Å². The van der Waals surface area contributed by atoms with Gasteiger partial charge in [-0.1, -0.05) is 37.5 Å². The van der Waals surface area contributed by atoms with E-state index in [2.05, 4.69) is 13.2 Å². The van der Waals surface area contributed by atoms with Crippen molar-refractivity contribution in [3.8, 4) is 0 Å². The molecule has 0 bridgehead atoms. The maximum absolute atomic E-state index is 10.9. The minimum absolute atomic E-state index is 0.0985. The van der Waals surface area contributed by atoms with Gasteiger partial charge in [0, 0.05) is 6.08 Å². The lowest BCUT2D eigenvalue weighted by molar-refractivity contribution is -0.110. The fraction of sp³-hybridized carbons (Fsp3) is 0. The van der Waals surface area contributed by atoms with Gasteiger partial charge in [-0.15, -0.1) is 0 Å². The van der Waals surface area contributed by atoms with E-state index in [0.29, 0.717) is 0 Å². The lowest BCUT2D eigenvalue weighted by atomic mass is 10.3. The van der Waals surface area contributed by atoms with Crippen LogP contribution in [-0.2, 0) is 4.79 Å². The molecule has 0 aromatic rings. The summed E-state index contributed by atoms with van der Waals surface area (Å²) >= 11 is 0. The highest BCUT2D eigenvalue weighted by molar-refractivity contribution is 5.99. The molecule has 0 fully saturated rings. The molecule has 0 aliphatic heterocycles. The zero-order valence-electron chi connectivity index (χ0n) is 7.31. The van der Waals surface area contributed by atoms with Crippen LogP contribution in [0.15, 0.2) is 61.4 Å². The summed E-state index contributed by atoms with van der Waals surface area (Å²) in [4.78, 5) is 10.9. The molecule has 1 N–H and O–H groups in total. The third-order valence-electron chi connectivity index (χ3n) is 1.09. The average molecular weight is 176 g/mol. The van der Waals surface area contributed by atoms with E-state index in [-0.39, 0.29) is 11.5 Å². The van der Waals surface area contributed by atoms with Gasteiger partial charge in [-0.3, -0.25) is 4.79 Å².